The molecule has 1 aromatic heterocycles. The molecule has 0 spiro atoms. The van der Waals surface area contributed by atoms with Gasteiger partial charge in [0, 0.05) is 24.3 Å². The molecular formula is C17H19ClN4O2. The van der Waals surface area contributed by atoms with Crippen molar-refractivity contribution < 1.29 is 9.90 Å². The third-order valence-corrected chi connectivity index (χ3v) is 4.54. The van der Waals surface area contributed by atoms with Gasteiger partial charge in [-0.1, -0.05) is 23.7 Å². The van der Waals surface area contributed by atoms with E-state index in [2.05, 4.69) is 15.5 Å². The van der Waals surface area contributed by atoms with Gasteiger partial charge in [-0.05, 0) is 48.6 Å². The number of nitrogens with zero attached hydrogens (tertiary/aromatic N) is 3. The molecule has 2 aromatic rings. The van der Waals surface area contributed by atoms with Gasteiger partial charge in [0.15, 0.2) is 5.82 Å². The number of anilines is 1. The summed E-state index contributed by atoms with van der Waals surface area (Å²) in [4.78, 5) is 14.0. The van der Waals surface area contributed by atoms with Crippen molar-refractivity contribution in [1.82, 2.24) is 15.1 Å². The van der Waals surface area contributed by atoms with E-state index in [4.69, 9.17) is 11.6 Å². The van der Waals surface area contributed by atoms with Gasteiger partial charge in [-0.15, -0.1) is 5.10 Å². The summed E-state index contributed by atoms with van der Waals surface area (Å²) in [5.41, 5.74) is 0.863. The van der Waals surface area contributed by atoms with E-state index in [-0.39, 0.29) is 11.9 Å². The monoisotopic (exact) mass is 346 g/mol. The molecular weight excluding hydrogens is 328 g/mol. The Hall–Kier alpha value is -2.18. The fraction of sp³-hybridized carbons (Fsp3) is 0.353. The molecule has 1 atom stereocenters. The largest absolute Gasteiger partial charge is 0.388 e. The van der Waals surface area contributed by atoms with E-state index >= 15 is 0 Å². The van der Waals surface area contributed by atoms with Crippen LogP contribution in [0.2, 0.25) is 5.02 Å². The first-order chi connectivity index (χ1) is 11.6. The third kappa shape index (κ3) is 4.01. The van der Waals surface area contributed by atoms with Crippen LogP contribution < -0.4 is 5.32 Å². The summed E-state index contributed by atoms with van der Waals surface area (Å²) in [6.07, 6.45) is 2.52. The second-order valence-corrected chi connectivity index (χ2v) is 6.30. The average Bonchev–Trinajstić information content (AvgIpc) is 2.63. The van der Waals surface area contributed by atoms with Gasteiger partial charge in [0.05, 0.1) is 6.10 Å². The fourth-order valence-corrected chi connectivity index (χ4v) is 3.03. The van der Waals surface area contributed by atoms with Crippen LogP contribution in [0.5, 0.6) is 0 Å². The number of hydrogen-bond acceptors (Lipinski definition) is 4. The number of aliphatic hydroxyl groups is 1. The normalized spacial score (nSPS) is 16.7. The molecule has 0 bridgehead atoms. The van der Waals surface area contributed by atoms with Gasteiger partial charge in [0.25, 0.3) is 0 Å². The van der Waals surface area contributed by atoms with Crippen molar-refractivity contribution in [1.29, 1.82) is 0 Å². The Morgan fingerprint density at radius 2 is 1.96 bits per heavy atom. The zero-order chi connectivity index (χ0) is 16.9. The molecule has 6 nitrogen and oxygen atoms in total. The molecule has 0 aliphatic carbocycles. The van der Waals surface area contributed by atoms with Crippen molar-refractivity contribution in [3.63, 3.8) is 0 Å². The van der Waals surface area contributed by atoms with Gasteiger partial charge in [-0.25, -0.2) is 4.79 Å². The van der Waals surface area contributed by atoms with E-state index in [0.29, 0.717) is 23.9 Å². The van der Waals surface area contributed by atoms with E-state index in [9.17, 15) is 9.90 Å². The number of benzene rings is 1. The highest BCUT2D eigenvalue weighted by molar-refractivity contribution is 6.30. The second-order valence-electron chi connectivity index (χ2n) is 5.86. The van der Waals surface area contributed by atoms with Crippen LogP contribution in [0.15, 0.2) is 42.6 Å². The van der Waals surface area contributed by atoms with E-state index in [1.165, 1.54) is 0 Å². The van der Waals surface area contributed by atoms with Crippen molar-refractivity contribution in [2.24, 2.45) is 5.92 Å². The minimum absolute atomic E-state index is 0.131. The second kappa shape index (κ2) is 7.59. The maximum atomic E-state index is 12.2. The number of aromatic nitrogens is 2. The first kappa shape index (κ1) is 16.7. The van der Waals surface area contributed by atoms with Crippen molar-refractivity contribution in [3.05, 3.63) is 53.2 Å². The number of urea groups is 1. The lowest BCUT2D eigenvalue weighted by molar-refractivity contribution is 0.0683. The number of nitrogens with one attached hydrogen (secondary N) is 1. The van der Waals surface area contributed by atoms with Crippen LogP contribution in [0.1, 0.15) is 24.5 Å². The third-order valence-electron chi connectivity index (χ3n) is 4.29. The lowest BCUT2D eigenvalue weighted by atomic mass is 9.87. The summed E-state index contributed by atoms with van der Waals surface area (Å²) in [6, 6.07) is 10.5. The van der Waals surface area contributed by atoms with Crippen LogP contribution in [-0.2, 0) is 0 Å². The lowest BCUT2D eigenvalue weighted by Crippen LogP contribution is -2.42. The number of amides is 2. The highest BCUT2D eigenvalue weighted by Gasteiger charge is 2.28. The van der Waals surface area contributed by atoms with Gasteiger partial charge < -0.3 is 10.0 Å². The highest BCUT2D eigenvalue weighted by Crippen LogP contribution is 2.31. The van der Waals surface area contributed by atoms with Crippen molar-refractivity contribution in [2.45, 2.75) is 18.9 Å². The smallest absolute Gasteiger partial charge is 0.323 e. The standard InChI is InChI=1S/C17H19ClN4O2/c18-14-5-3-12(4-6-14)16(23)13-7-10-22(11-8-13)17(24)20-15-2-1-9-19-21-15/h1-6,9,13,16,23H,7-8,10-11H2,(H,20,21,24). The van der Waals surface area contributed by atoms with E-state index < -0.39 is 6.10 Å². The highest BCUT2D eigenvalue weighted by atomic mass is 35.5. The molecule has 2 N–H and O–H groups in total. The summed E-state index contributed by atoms with van der Waals surface area (Å²) in [7, 11) is 0. The molecule has 24 heavy (non-hydrogen) atoms. The van der Waals surface area contributed by atoms with E-state index in [1.54, 1.807) is 35.4 Å². The molecule has 7 heteroatoms. The summed E-state index contributed by atoms with van der Waals surface area (Å²) >= 11 is 5.88. The summed E-state index contributed by atoms with van der Waals surface area (Å²) in [5, 5.41) is 21.5. The number of hydrogen-bond donors (Lipinski definition) is 2. The summed E-state index contributed by atoms with van der Waals surface area (Å²) in [6.45, 7) is 1.20. The van der Waals surface area contributed by atoms with Gasteiger partial charge in [0.1, 0.15) is 0 Å². The molecule has 0 saturated carbocycles. The number of carbonyl (C=O) groups is 1. The van der Waals surface area contributed by atoms with Crippen LogP contribution in [0.25, 0.3) is 0 Å². The Morgan fingerprint density at radius 1 is 1.25 bits per heavy atom. The Bertz CT molecular complexity index is 673. The first-order valence-corrected chi connectivity index (χ1v) is 8.28. The average molecular weight is 347 g/mol. The molecule has 3 rings (SSSR count). The van der Waals surface area contributed by atoms with Gasteiger partial charge in [0.2, 0.25) is 0 Å². The Morgan fingerprint density at radius 3 is 2.58 bits per heavy atom. The minimum atomic E-state index is -0.535. The van der Waals surface area contributed by atoms with Crippen LogP contribution in [0.4, 0.5) is 10.6 Å². The first-order valence-electron chi connectivity index (χ1n) is 7.90. The van der Waals surface area contributed by atoms with Crippen LogP contribution in [0.3, 0.4) is 0 Å². The van der Waals surface area contributed by atoms with Gasteiger partial charge >= 0.3 is 6.03 Å². The van der Waals surface area contributed by atoms with E-state index in [1.807, 2.05) is 12.1 Å². The van der Waals surface area contributed by atoms with Crippen molar-refractivity contribution in [2.75, 3.05) is 18.4 Å². The molecule has 126 valence electrons. The number of likely N-dealkylation sites (tertiary alicyclic amines) is 1. The molecule has 2 heterocycles. The van der Waals surface area contributed by atoms with Crippen molar-refractivity contribution >= 4 is 23.4 Å². The quantitative estimate of drug-likeness (QED) is 0.895. The minimum Gasteiger partial charge on any atom is -0.388 e. The zero-order valence-electron chi connectivity index (χ0n) is 13.1. The molecule has 1 saturated heterocycles. The topological polar surface area (TPSA) is 78.4 Å². The number of aliphatic hydroxyl groups excluding tert-OH is 1. The van der Waals surface area contributed by atoms with E-state index in [0.717, 1.165) is 18.4 Å². The Kier molecular flexibility index (Phi) is 5.27. The number of carbonyl (C=O) groups excluding carboxylic acids is 1. The number of piperidine rings is 1. The maximum absolute atomic E-state index is 12.2. The maximum Gasteiger partial charge on any atom is 0.323 e. The van der Waals surface area contributed by atoms with Crippen LogP contribution in [-0.4, -0.2) is 39.3 Å². The fourth-order valence-electron chi connectivity index (χ4n) is 2.91. The Balaban J connectivity index is 1.53. The molecule has 2 amide bonds. The number of rotatable bonds is 3. The van der Waals surface area contributed by atoms with Crippen LogP contribution >= 0.6 is 11.6 Å². The summed E-state index contributed by atoms with van der Waals surface area (Å²) < 4.78 is 0. The zero-order valence-corrected chi connectivity index (χ0v) is 13.9. The molecule has 1 fully saturated rings. The number of halogens is 1. The molecule has 1 unspecified atom stereocenters. The molecule has 0 radical (unpaired) electrons. The lowest BCUT2D eigenvalue weighted by Gasteiger charge is -2.34. The summed E-state index contributed by atoms with van der Waals surface area (Å²) in [5.74, 6) is 0.567. The van der Waals surface area contributed by atoms with Gasteiger partial charge in [-0.2, -0.15) is 5.10 Å². The molecule has 1 aromatic carbocycles. The molecule has 1 aliphatic heterocycles. The predicted octanol–water partition coefficient (Wildman–Crippen LogP) is 3.11. The van der Waals surface area contributed by atoms with Gasteiger partial charge in [-0.3, -0.25) is 5.32 Å². The Labute approximate surface area is 145 Å². The molecule has 1 aliphatic rings. The SMILES string of the molecule is O=C(Nc1cccnn1)N1CCC(C(O)c2ccc(Cl)cc2)CC1. The van der Waals surface area contributed by atoms with Crippen molar-refractivity contribution in [3.8, 4) is 0 Å². The van der Waals surface area contributed by atoms with Crippen LogP contribution in [0, 0.1) is 5.92 Å². The predicted molar refractivity (Wildman–Crippen MR) is 91.8 cm³/mol.